The quantitative estimate of drug-likeness (QED) is 0.494. The fourth-order valence-electron chi connectivity index (χ4n) is 0.366. The van der Waals surface area contributed by atoms with E-state index in [4.69, 9.17) is 0 Å². The Morgan fingerprint density at radius 2 is 1.67 bits per heavy atom. The van der Waals surface area contributed by atoms with Crippen molar-refractivity contribution >= 4 is 0 Å². The highest BCUT2D eigenvalue weighted by Crippen LogP contribution is 1.96. The fourth-order valence-corrected chi connectivity index (χ4v) is 0.366. The largest absolute Gasteiger partial charge is 0.0988 e. The number of hydrogen-bond acceptors (Lipinski definition) is 0. The molecule has 0 spiro atoms. The number of rotatable bonds is 2. The van der Waals surface area contributed by atoms with Gasteiger partial charge < -0.3 is 0 Å². The molecule has 0 atom stereocenters. The van der Waals surface area contributed by atoms with Crippen LogP contribution in [0.1, 0.15) is 20.8 Å². The van der Waals surface area contributed by atoms with Crippen LogP contribution >= 0.6 is 0 Å². The van der Waals surface area contributed by atoms with E-state index in [1.807, 2.05) is 13.0 Å². The lowest BCUT2D eigenvalue weighted by Crippen LogP contribution is -1.64. The van der Waals surface area contributed by atoms with Crippen LogP contribution in [0.2, 0.25) is 0 Å². The molecule has 0 bridgehead atoms. The van der Waals surface area contributed by atoms with E-state index in [1.165, 1.54) is 11.1 Å². The molecule has 50 valence electrons. The topological polar surface area (TPSA) is 0 Å². The first-order chi connectivity index (χ1) is 4.16. The van der Waals surface area contributed by atoms with Crippen LogP contribution < -0.4 is 0 Å². The van der Waals surface area contributed by atoms with E-state index < -0.39 is 0 Å². The first kappa shape index (κ1) is 8.22. The lowest BCUT2D eigenvalue weighted by molar-refractivity contribution is 1.38. The van der Waals surface area contributed by atoms with Crippen molar-refractivity contribution in [1.82, 2.24) is 0 Å². The summed E-state index contributed by atoms with van der Waals surface area (Å²) >= 11 is 0. The van der Waals surface area contributed by atoms with Crippen LogP contribution in [0.5, 0.6) is 0 Å². The lowest BCUT2D eigenvalue weighted by atomic mass is 10.2. The predicted octanol–water partition coefficient (Wildman–Crippen LogP) is 3.08. The molecule has 0 nitrogen and oxygen atoms in total. The van der Waals surface area contributed by atoms with Crippen molar-refractivity contribution in [3.63, 3.8) is 0 Å². The van der Waals surface area contributed by atoms with Crippen LogP contribution in [-0.4, -0.2) is 0 Å². The van der Waals surface area contributed by atoms with E-state index in [1.54, 1.807) is 0 Å². The third-order valence-corrected chi connectivity index (χ3v) is 1.00. The van der Waals surface area contributed by atoms with Gasteiger partial charge in [-0.1, -0.05) is 36.0 Å². The van der Waals surface area contributed by atoms with Crippen molar-refractivity contribution in [3.8, 4) is 0 Å². The van der Waals surface area contributed by atoms with Crippen molar-refractivity contribution in [1.29, 1.82) is 0 Å². The molecule has 0 aromatic rings. The van der Waals surface area contributed by atoms with Gasteiger partial charge in [-0.05, 0) is 20.8 Å². The van der Waals surface area contributed by atoms with E-state index >= 15 is 0 Å². The van der Waals surface area contributed by atoms with Gasteiger partial charge in [-0.25, -0.2) is 0 Å². The summed E-state index contributed by atoms with van der Waals surface area (Å²) in [5, 5.41) is 0. The number of allylic oxidation sites excluding steroid dienone is 5. The number of hydrogen-bond donors (Lipinski definition) is 0. The molecule has 0 saturated carbocycles. The molecule has 0 aromatic heterocycles. The third kappa shape index (κ3) is 5.09. The highest BCUT2D eigenvalue weighted by molar-refractivity contribution is 5.21. The molecule has 0 aliphatic heterocycles. The summed E-state index contributed by atoms with van der Waals surface area (Å²) in [6.45, 7) is 9.83. The molecule has 0 unspecified atom stereocenters. The molecule has 0 aliphatic rings. The maximum Gasteiger partial charge on any atom is -0.0398 e. The van der Waals surface area contributed by atoms with Crippen LogP contribution in [0.4, 0.5) is 0 Å². The molecule has 0 aromatic carbocycles. The molecule has 0 heterocycles. The minimum Gasteiger partial charge on any atom is -0.0988 e. The molecule has 0 rings (SSSR count). The van der Waals surface area contributed by atoms with Gasteiger partial charge in [-0.2, -0.15) is 0 Å². The van der Waals surface area contributed by atoms with Crippen molar-refractivity contribution in [3.05, 3.63) is 36.0 Å². The monoisotopic (exact) mass is 122 g/mol. The van der Waals surface area contributed by atoms with Crippen LogP contribution in [-0.2, 0) is 0 Å². The molecule has 9 heavy (non-hydrogen) atoms. The van der Waals surface area contributed by atoms with Crippen LogP contribution in [0.15, 0.2) is 36.0 Å². The second kappa shape index (κ2) is 4.13. The van der Waals surface area contributed by atoms with Crippen LogP contribution in [0.3, 0.4) is 0 Å². The summed E-state index contributed by atoms with van der Waals surface area (Å²) in [5.41, 5.74) is 2.52. The van der Waals surface area contributed by atoms with Gasteiger partial charge >= 0.3 is 0 Å². The molecule has 0 amide bonds. The summed E-state index contributed by atoms with van der Waals surface area (Å²) in [5.74, 6) is 0. The molecular formula is C9H14. The zero-order chi connectivity index (χ0) is 7.28. The molecule has 0 aliphatic carbocycles. The third-order valence-electron chi connectivity index (χ3n) is 1.00. The highest BCUT2D eigenvalue weighted by Gasteiger charge is 1.74. The zero-order valence-corrected chi connectivity index (χ0v) is 6.44. The average Bonchev–Trinajstić information content (AvgIpc) is 1.83. The van der Waals surface area contributed by atoms with Crippen LogP contribution in [0, 0.1) is 0 Å². The second-order valence-electron chi connectivity index (χ2n) is 2.36. The fraction of sp³-hybridized carbons (Fsp3) is 0.333. The molecule has 0 N–H and O–H groups in total. The molecular weight excluding hydrogens is 108 g/mol. The maximum atomic E-state index is 3.64. The smallest absolute Gasteiger partial charge is 0.0398 e. The summed E-state index contributed by atoms with van der Waals surface area (Å²) in [6.07, 6.45) is 5.98. The Morgan fingerprint density at radius 1 is 1.11 bits per heavy atom. The first-order valence-electron chi connectivity index (χ1n) is 3.11. The van der Waals surface area contributed by atoms with Gasteiger partial charge in [-0.3, -0.25) is 0 Å². The van der Waals surface area contributed by atoms with Crippen molar-refractivity contribution in [2.75, 3.05) is 0 Å². The Kier molecular flexibility index (Phi) is 3.78. The average molecular weight is 122 g/mol. The van der Waals surface area contributed by atoms with Gasteiger partial charge in [-0.15, -0.1) is 0 Å². The van der Waals surface area contributed by atoms with Gasteiger partial charge in [0, 0.05) is 0 Å². The molecule has 0 saturated heterocycles. The van der Waals surface area contributed by atoms with E-state index in [9.17, 15) is 0 Å². The normalized spacial score (nSPS) is 10.8. The van der Waals surface area contributed by atoms with Gasteiger partial charge in [0.2, 0.25) is 0 Å². The molecule has 0 heteroatoms. The minimum atomic E-state index is 1.20. The summed E-state index contributed by atoms with van der Waals surface area (Å²) < 4.78 is 0. The Morgan fingerprint density at radius 3 is 2.00 bits per heavy atom. The van der Waals surface area contributed by atoms with Gasteiger partial charge in [0.15, 0.2) is 0 Å². The Balaban J connectivity index is 3.98. The summed E-state index contributed by atoms with van der Waals surface area (Å²) in [4.78, 5) is 0. The molecule has 0 fully saturated rings. The summed E-state index contributed by atoms with van der Waals surface area (Å²) in [6, 6.07) is 0. The van der Waals surface area contributed by atoms with E-state index in [0.29, 0.717) is 0 Å². The Labute approximate surface area is 57.6 Å². The van der Waals surface area contributed by atoms with Gasteiger partial charge in [0.1, 0.15) is 0 Å². The van der Waals surface area contributed by atoms with Crippen molar-refractivity contribution in [2.24, 2.45) is 0 Å². The van der Waals surface area contributed by atoms with Gasteiger partial charge in [0.25, 0.3) is 0 Å². The Bertz CT molecular complexity index is 143. The maximum absolute atomic E-state index is 3.64. The highest BCUT2D eigenvalue weighted by atomic mass is 13.8. The zero-order valence-electron chi connectivity index (χ0n) is 6.44. The predicted molar refractivity (Wildman–Crippen MR) is 43.4 cm³/mol. The molecule has 0 radical (unpaired) electrons. The van der Waals surface area contributed by atoms with Gasteiger partial charge in [0.05, 0.1) is 0 Å². The van der Waals surface area contributed by atoms with Crippen LogP contribution in [0.25, 0.3) is 0 Å². The minimum absolute atomic E-state index is 1.20. The lowest BCUT2D eigenvalue weighted by Gasteiger charge is -1.86. The van der Waals surface area contributed by atoms with Crippen molar-refractivity contribution in [2.45, 2.75) is 20.8 Å². The van der Waals surface area contributed by atoms with E-state index in [0.717, 1.165) is 0 Å². The standard InChI is InChI=1S/C9H14/c1-5-9(4)7-6-8(2)3/h5-7H,1H2,2-4H3/b9-7-. The van der Waals surface area contributed by atoms with E-state index in [2.05, 4.69) is 32.6 Å². The SMILES string of the molecule is C=C/C(C)=C\C=C(C)C. The van der Waals surface area contributed by atoms with Crippen molar-refractivity contribution < 1.29 is 0 Å². The van der Waals surface area contributed by atoms with E-state index in [-0.39, 0.29) is 0 Å². The summed E-state index contributed by atoms with van der Waals surface area (Å²) in [7, 11) is 0. The second-order valence-corrected chi connectivity index (χ2v) is 2.36. The first-order valence-corrected chi connectivity index (χ1v) is 3.11. The Hall–Kier alpha value is -0.780.